The number of nitrogens with one attached hydrogen (secondary N) is 1. The molecule has 6 heteroatoms. The summed E-state index contributed by atoms with van der Waals surface area (Å²) in [5.74, 6) is -0.445. The number of nitrogens with zero attached hydrogens (tertiary/aromatic N) is 2. The summed E-state index contributed by atoms with van der Waals surface area (Å²) in [5.41, 5.74) is 2.55. The van der Waals surface area contributed by atoms with E-state index in [4.69, 9.17) is 5.21 Å². The average Bonchev–Trinajstić information content (AvgIpc) is 2.38. The zero-order valence-corrected chi connectivity index (χ0v) is 12.2. The first-order chi connectivity index (χ1) is 8.31. The first kappa shape index (κ1) is 14.9. The molecule has 0 saturated heterocycles. The topological polar surface area (TPSA) is 57.5 Å². The van der Waals surface area contributed by atoms with E-state index in [9.17, 15) is 4.39 Å². The van der Waals surface area contributed by atoms with Gasteiger partial charge in [0.25, 0.3) is 0 Å². The van der Waals surface area contributed by atoms with Crippen molar-refractivity contribution in [3.8, 4) is 0 Å². The maximum atomic E-state index is 13.5. The predicted octanol–water partition coefficient (Wildman–Crippen LogP) is 2.08. The second-order valence-corrected chi connectivity index (χ2v) is 3.20. The van der Waals surface area contributed by atoms with Crippen molar-refractivity contribution in [3.63, 3.8) is 0 Å². The van der Waals surface area contributed by atoms with Crippen molar-refractivity contribution in [2.45, 2.75) is 0 Å². The summed E-state index contributed by atoms with van der Waals surface area (Å²) in [7, 11) is 0. The van der Waals surface area contributed by atoms with Gasteiger partial charge in [-0.1, -0.05) is 24.5 Å². The van der Waals surface area contributed by atoms with Crippen LogP contribution in [0, 0.1) is 12.0 Å². The first-order valence-corrected chi connectivity index (χ1v) is 4.87. The van der Waals surface area contributed by atoms with Crippen LogP contribution < -0.4 is 5.48 Å². The molecule has 89 valence electrons. The number of hydrogen-bond acceptors (Lipinski definition) is 3. The predicted molar refractivity (Wildman–Crippen MR) is 60.6 cm³/mol. The van der Waals surface area contributed by atoms with Crippen molar-refractivity contribution < 1.29 is 42.3 Å². The summed E-state index contributed by atoms with van der Waals surface area (Å²) >= 11 is 0. The van der Waals surface area contributed by atoms with Gasteiger partial charge in [0.2, 0.25) is 0 Å². The molecule has 0 amide bonds. The average molecular weight is 319 g/mol. The third-order valence-corrected chi connectivity index (χ3v) is 2.08. The number of aromatic nitrogens is 1. The molecule has 2 rings (SSSR count). The molecule has 0 atom stereocenters. The zero-order chi connectivity index (χ0) is 12.1. The van der Waals surface area contributed by atoms with Crippen molar-refractivity contribution >= 4 is 11.5 Å². The normalized spacial score (nSPS) is 10.7. The van der Waals surface area contributed by atoms with Crippen LogP contribution in [-0.4, -0.2) is 16.0 Å². The third-order valence-electron chi connectivity index (χ3n) is 2.08. The summed E-state index contributed by atoms with van der Waals surface area (Å²) in [6.45, 7) is 0. The van der Waals surface area contributed by atoms with Gasteiger partial charge in [0.15, 0.2) is 5.84 Å². The number of pyridine rings is 1. The summed E-state index contributed by atoms with van der Waals surface area (Å²) in [4.78, 5) is 7.79. The maximum absolute atomic E-state index is 13.5. The molecule has 1 aromatic heterocycles. The maximum Gasteiger partial charge on any atom is 0.158 e. The van der Waals surface area contributed by atoms with E-state index in [1.807, 2.05) is 5.48 Å². The molecule has 0 aliphatic heterocycles. The summed E-state index contributed by atoms with van der Waals surface area (Å²) in [6, 6.07) is 9.24. The molecule has 0 fully saturated rings. The van der Waals surface area contributed by atoms with Gasteiger partial charge in [-0.15, -0.1) is 6.07 Å². The van der Waals surface area contributed by atoms with Crippen LogP contribution in [0.4, 0.5) is 10.1 Å². The van der Waals surface area contributed by atoms with Gasteiger partial charge >= 0.3 is 0 Å². The Kier molecular flexibility index (Phi) is 6.05. The van der Waals surface area contributed by atoms with Crippen LogP contribution >= 0.6 is 0 Å². The van der Waals surface area contributed by atoms with Crippen LogP contribution in [0.15, 0.2) is 47.6 Å². The van der Waals surface area contributed by atoms with E-state index in [0.717, 1.165) is 0 Å². The molecule has 1 radical (unpaired) electrons. The van der Waals surface area contributed by atoms with Crippen LogP contribution in [0.1, 0.15) is 5.56 Å². The second-order valence-electron chi connectivity index (χ2n) is 3.20. The number of rotatable bonds is 2. The largest absolute Gasteiger partial charge is 0.392 e. The molecule has 18 heavy (non-hydrogen) atoms. The van der Waals surface area contributed by atoms with E-state index < -0.39 is 5.82 Å². The summed E-state index contributed by atoms with van der Waals surface area (Å²) < 4.78 is 13.5. The van der Waals surface area contributed by atoms with E-state index in [1.54, 1.807) is 24.3 Å². The fourth-order valence-electron chi connectivity index (χ4n) is 1.31. The van der Waals surface area contributed by atoms with Crippen LogP contribution in [-0.2, 0) is 32.7 Å². The molecule has 0 unspecified atom stereocenters. The van der Waals surface area contributed by atoms with E-state index in [1.165, 1.54) is 18.3 Å². The van der Waals surface area contributed by atoms with Gasteiger partial charge in [-0.3, -0.25) is 15.7 Å². The smallest absolute Gasteiger partial charge is 0.158 e. The van der Waals surface area contributed by atoms with Crippen LogP contribution in [0.2, 0.25) is 0 Å². The van der Waals surface area contributed by atoms with Gasteiger partial charge < -0.3 is 4.98 Å². The van der Waals surface area contributed by atoms with E-state index >= 15 is 0 Å². The van der Waals surface area contributed by atoms with Crippen molar-refractivity contribution in [2.24, 2.45) is 4.99 Å². The number of hydroxylamine groups is 1. The molecule has 1 aromatic carbocycles. The SMILES string of the molecule is ONC(=Nc1cc[c-]nc1)c1ccccc1F.[Y]. The summed E-state index contributed by atoms with van der Waals surface area (Å²) in [5, 5.41) is 8.99. The fourth-order valence-corrected chi connectivity index (χ4v) is 1.31. The Morgan fingerprint density at radius 3 is 2.72 bits per heavy atom. The van der Waals surface area contributed by atoms with Gasteiger partial charge in [-0.05, 0) is 17.8 Å². The van der Waals surface area contributed by atoms with Gasteiger partial charge in [0.1, 0.15) is 5.82 Å². The number of amidine groups is 1. The van der Waals surface area contributed by atoms with Crippen molar-refractivity contribution in [3.05, 3.63) is 60.2 Å². The molecule has 0 saturated carbocycles. The molecule has 0 bridgehead atoms. The quantitative estimate of drug-likeness (QED) is 0.386. The number of benzene rings is 1. The first-order valence-electron chi connectivity index (χ1n) is 4.87. The third kappa shape index (κ3) is 3.66. The fraction of sp³-hybridized carbons (Fsp3) is 0. The standard InChI is InChI=1S/C12H9FN3O.Y/c13-11-6-2-1-5-10(11)12(16-17)15-9-4-3-7-14-8-9;/h1-6,8,17H,(H,15,16);/q-1;. The molecule has 0 aliphatic carbocycles. The minimum absolute atomic E-state index is 0. The van der Waals surface area contributed by atoms with Gasteiger partial charge in [-0.25, -0.2) is 4.39 Å². The zero-order valence-electron chi connectivity index (χ0n) is 9.34. The Morgan fingerprint density at radius 1 is 1.33 bits per heavy atom. The van der Waals surface area contributed by atoms with E-state index in [-0.39, 0.29) is 44.1 Å². The molecular weight excluding hydrogens is 310 g/mol. The Morgan fingerprint density at radius 2 is 2.11 bits per heavy atom. The van der Waals surface area contributed by atoms with Gasteiger partial charge in [-0.2, -0.15) is 6.07 Å². The number of hydrogen-bond donors (Lipinski definition) is 2. The number of aliphatic imine (C=N–C) groups is 1. The minimum Gasteiger partial charge on any atom is -0.392 e. The molecule has 1 heterocycles. The van der Waals surface area contributed by atoms with Crippen LogP contribution in [0.25, 0.3) is 0 Å². The van der Waals surface area contributed by atoms with Crippen molar-refractivity contribution in [2.75, 3.05) is 0 Å². The molecule has 0 spiro atoms. The Balaban J connectivity index is 0.00000162. The second kappa shape index (κ2) is 7.31. The molecule has 2 aromatic rings. The number of halogens is 1. The Bertz CT molecular complexity index is 534. The van der Waals surface area contributed by atoms with Gasteiger partial charge in [0, 0.05) is 32.7 Å². The molecule has 0 aliphatic rings. The van der Waals surface area contributed by atoms with E-state index in [2.05, 4.69) is 16.2 Å². The Hall–Kier alpha value is -1.17. The van der Waals surface area contributed by atoms with Crippen LogP contribution in [0.5, 0.6) is 0 Å². The summed E-state index contributed by atoms with van der Waals surface area (Å²) in [6.07, 6.45) is 4.06. The van der Waals surface area contributed by atoms with Crippen molar-refractivity contribution in [1.82, 2.24) is 10.5 Å². The van der Waals surface area contributed by atoms with Crippen molar-refractivity contribution in [1.29, 1.82) is 0 Å². The molecule has 2 N–H and O–H groups in total. The minimum atomic E-state index is -0.469. The molecular formula is C12H9FN3OY-. The van der Waals surface area contributed by atoms with Crippen LogP contribution in [0.3, 0.4) is 0 Å². The van der Waals surface area contributed by atoms with Gasteiger partial charge in [0.05, 0.1) is 5.56 Å². The monoisotopic (exact) mass is 319 g/mol. The molecule has 4 nitrogen and oxygen atoms in total. The van der Waals surface area contributed by atoms with E-state index in [0.29, 0.717) is 5.69 Å². The Labute approximate surface area is 129 Å².